The van der Waals surface area contributed by atoms with E-state index in [4.69, 9.17) is 4.42 Å². The fraction of sp³-hybridized carbons (Fsp3) is 0. The van der Waals surface area contributed by atoms with E-state index in [1.807, 2.05) is 23.5 Å². The monoisotopic (exact) mass is 745 g/mol. The third-order valence-electron chi connectivity index (χ3n) is 11.1. The van der Waals surface area contributed by atoms with Gasteiger partial charge in [-0.3, -0.25) is 0 Å². The summed E-state index contributed by atoms with van der Waals surface area (Å²) in [5.41, 5.74) is 14.5. The lowest BCUT2D eigenvalue weighted by Crippen LogP contribution is -2.10. The van der Waals surface area contributed by atoms with E-state index in [1.165, 1.54) is 64.7 Å². The Morgan fingerprint density at radius 3 is 1.61 bits per heavy atom. The van der Waals surface area contributed by atoms with Gasteiger partial charge in [0.15, 0.2) is 0 Å². The molecule has 0 bridgehead atoms. The molecule has 0 fully saturated rings. The van der Waals surface area contributed by atoms with Gasteiger partial charge < -0.3 is 9.32 Å². The minimum atomic E-state index is 0.866. The van der Waals surface area contributed by atoms with Crippen LogP contribution in [0.3, 0.4) is 0 Å². The van der Waals surface area contributed by atoms with Gasteiger partial charge in [-0.2, -0.15) is 0 Å². The first-order valence-corrected chi connectivity index (χ1v) is 20.1. The normalized spacial score (nSPS) is 11.5. The Labute approximate surface area is 335 Å². The molecule has 9 aromatic carbocycles. The van der Waals surface area contributed by atoms with Crippen LogP contribution in [0.5, 0.6) is 0 Å². The fourth-order valence-electron chi connectivity index (χ4n) is 8.31. The number of hydrogen-bond acceptors (Lipinski definition) is 3. The SMILES string of the molecule is c1ccc(-c2ccc(-c3ccc(N(c4ccc(-c5ccccc5)c(-c5cccc6c5sc5ccccc56)c4)c4ccc5c(c4)oc4ccccc45)cc3)cc2)cc1. The Kier molecular flexibility index (Phi) is 8.04. The Morgan fingerprint density at radius 1 is 0.316 bits per heavy atom. The quantitative estimate of drug-likeness (QED) is 0.162. The van der Waals surface area contributed by atoms with E-state index in [0.717, 1.165) is 39.0 Å². The van der Waals surface area contributed by atoms with Crippen LogP contribution >= 0.6 is 11.3 Å². The van der Waals surface area contributed by atoms with Crippen molar-refractivity contribution in [3.63, 3.8) is 0 Å². The van der Waals surface area contributed by atoms with Crippen molar-refractivity contribution < 1.29 is 4.42 Å². The summed E-state index contributed by atoms with van der Waals surface area (Å²) < 4.78 is 9.05. The Balaban J connectivity index is 1.08. The predicted octanol–water partition coefficient (Wildman–Crippen LogP) is 16.1. The zero-order valence-electron chi connectivity index (χ0n) is 31.0. The molecular formula is C54H35NOS. The summed E-state index contributed by atoms with van der Waals surface area (Å²) in [5.74, 6) is 0. The Bertz CT molecular complexity index is 3210. The molecule has 0 spiro atoms. The molecule has 268 valence electrons. The fourth-order valence-corrected chi connectivity index (χ4v) is 9.54. The molecule has 57 heavy (non-hydrogen) atoms. The lowest BCUT2D eigenvalue weighted by molar-refractivity contribution is 0.669. The summed E-state index contributed by atoms with van der Waals surface area (Å²) in [4.78, 5) is 2.36. The van der Waals surface area contributed by atoms with Crippen LogP contribution in [0.25, 0.3) is 86.6 Å². The van der Waals surface area contributed by atoms with Crippen LogP contribution < -0.4 is 4.90 Å². The minimum absolute atomic E-state index is 0.866. The van der Waals surface area contributed by atoms with Crippen LogP contribution in [-0.2, 0) is 0 Å². The van der Waals surface area contributed by atoms with E-state index < -0.39 is 0 Å². The predicted molar refractivity (Wildman–Crippen MR) is 243 cm³/mol. The van der Waals surface area contributed by atoms with Crippen molar-refractivity contribution in [2.45, 2.75) is 0 Å². The highest BCUT2D eigenvalue weighted by Crippen LogP contribution is 2.46. The van der Waals surface area contributed by atoms with Gasteiger partial charge in [-0.25, -0.2) is 0 Å². The number of nitrogens with zero attached hydrogens (tertiary/aromatic N) is 1. The summed E-state index contributed by atoms with van der Waals surface area (Å²) in [6, 6.07) is 76.4. The molecule has 3 heteroatoms. The highest BCUT2D eigenvalue weighted by Gasteiger charge is 2.20. The van der Waals surface area contributed by atoms with Crippen molar-refractivity contribution >= 4 is 70.5 Å². The summed E-state index contributed by atoms with van der Waals surface area (Å²) in [6.07, 6.45) is 0. The molecule has 2 aromatic heterocycles. The van der Waals surface area contributed by atoms with Gasteiger partial charge in [-0.05, 0) is 87.5 Å². The van der Waals surface area contributed by atoms with Crippen molar-refractivity contribution in [1.82, 2.24) is 0 Å². The van der Waals surface area contributed by atoms with Crippen molar-refractivity contribution in [2.75, 3.05) is 4.90 Å². The number of rotatable bonds is 7. The topological polar surface area (TPSA) is 16.4 Å². The Hall–Kier alpha value is -7.20. The molecule has 0 aliphatic carbocycles. The maximum absolute atomic E-state index is 6.46. The van der Waals surface area contributed by atoms with Gasteiger partial charge >= 0.3 is 0 Å². The lowest BCUT2D eigenvalue weighted by Gasteiger charge is -2.27. The molecule has 0 saturated heterocycles. The molecule has 0 aliphatic heterocycles. The van der Waals surface area contributed by atoms with E-state index >= 15 is 0 Å². The highest BCUT2D eigenvalue weighted by atomic mass is 32.1. The molecule has 11 aromatic rings. The molecule has 0 atom stereocenters. The van der Waals surface area contributed by atoms with E-state index in [1.54, 1.807) is 0 Å². The first-order chi connectivity index (χ1) is 28.2. The van der Waals surface area contributed by atoms with Crippen molar-refractivity contribution in [2.24, 2.45) is 0 Å². The van der Waals surface area contributed by atoms with Crippen molar-refractivity contribution in [1.29, 1.82) is 0 Å². The van der Waals surface area contributed by atoms with Gasteiger partial charge in [-0.15, -0.1) is 11.3 Å². The number of benzene rings is 9. The van der Waals surface area contributed by atoms with Gasteiger partial charge in [0.25, 0.3) is 0 Å². The second-order valence-corrected chi connectivity index (χ2v) is 15.5. The second-order valence-electron chi connectivity index (χ2n) is 14.5. The molecule has 0 saturated carbocycles. The van der Waals surface area contributed by atoms with Crippen LogP contribution in [-0.4, -0.2) is 0 Å². The number of furan rings is 1. The molecule has 2 nitrogen and oxygen atoms in total. The molecule has 0 amide bonds. The van der Waals surface area contributed by atoms with Gasteiger partial charge in [0.1, 0.15) is 11.2 Å². The van der Waals surface area contributed by atoms with E-state index in [-0.39, 0.29) is 0 Å². The molecule has 2 heterocycles. The molecule has 0 unspecified atom stereocenters. The molecule has 0 aliphatic rings. The summed E-state index contributed by atoms with van der Waals surface area (Å²) in [5, 5.41) is 4.82. The summed E-state index contributed by atoms with van der Waals surface area (Å²) in [7, 11) is 0. The van der Waals surface area contributed by atoms with Gasteiger partial charge in [0.2, 0.25) is 0 Å². The van der Waals surface area contributed by atoms with Crippen LogP contribution in [0.2, 0.25) is 0 Å². The molecule has 11 rings (SSSR count). The zero-order chi connectivity index (χ0) is 37.7. The van der Waals surface area contributed by atoms with Crippen LogP contribution in [0.4, 0.5) is 17.1 Å². The zero-order valence-corrected chi connectivity index (χ0v) is 31.8. The van der Waals surface area contributed by atoms with Gasteiger partial charge in [0, 0.05) is 59.6 Å². The summed E-state index contributed by atoms with van der Waals surface area (Å²) >= 11 is 1.87. The minimum Gasteiger partial charge on any atom is -0.456 e. The molecule has 0 N–H and O–H groups in total. The average Bonchev–Trinajstić information content (AvgIpc) is 3.86. The number of fused-ring (bicyclic) bond motifs is 6. The van der Waals surface area contributed by atoms with Crippen LogP contribution in [0.15, 0.2) is 217 Å². The molecule has 0 radical (unpaired) electrons. The first-order valence-electron chi connectivity index (χ1n) is 19.3. The van der Waals surface area contributed by atoms with Crippen LogP contribution in [0.1, 0.15) is 0 Å². The number of hydrogen-bond donors (Lipinski definition) is 0. The summed E-state index contributed by atoms with van der Waals surface area (Å²) in [6.45, 7) is 0. The maximum Gasteiger partial charge on any atom is 0.137 e. The third kappa shape index (κ3) is 5.88. The van der Waals surface area contributed by atoms with Gasteiger partial charge in [-0.1, -0.05) is 158 Å². The average molecular weight is 746 g/mol. The third-order valence-corrected chi connectivity index (χ3v) is 12.3. The van der Waals surface area contributed by atoms with Crippen molar-refractivity contribution in [3.8, 4) is 44.5 Å². The number of anilines is 3. The Morgan fingerprint density at radius 2 is 0.860 bits per heavy atom. The molecular weight excluding hydrogens is 711 g/mol. The number of thiophene rings is 1. The lowest BCUT2D eigenvalue weighted by atomic mass is 9.92. The first kappa shape index (κ1) is 33.2. The van der Waals surface area contributed by atoms with Gasteiger partial charge in [0.05, 0.1) is 0 Å². The van der Waals surface area contributed by atoms with E-state index in [9.17, 15) is 0 Å². The number of para-hydroxylation sites is 1. The van der Waals surface area contributed by atoms with E-state index in [0.29, 0.717) is 0 Å². The highest BCUT2D eigenvalue weighted by molar-refractivity contribution is 7.26. The van der Waals surface area contributed by atoms with E-state index in [2.05, 4.69) is 205 Å². The van der Waals surface area contributed by atoms with Crippen LogP contribution in [0, 0.1) is 0 Å². The smallest absolute Gasteiger partial charge is 0.137 e. The second kappa shape index (κ2) is 13.8. The maximum atomic E-state index is 6.46. The standard InChI is InChI=1S/C54H35NOS/c1-3-12-36(13-4-1)37-22-24-38(25-23-37)39-26-28-41(29-27-39)55(43-31-33-46-45-16-7-9-20-51(45)56-52(46)35-43)42-30-32-44(40-14-5-2-6-15-40)50(34-42)49-19-11-18-48-47-17-8-10-21-53(47)57-54(48)49/h1-35H. The van der Waals surface area contributed by atoms with Crippen molar-refractivity contribution in [3.05, 3.63) is 212 Å². The largest absolute Gasteiger partial charge is 0.456 e.